The van der Waals surface area contributed by atoms with Crippen molar-refractivity contribution in [3.8, 4) is 0 Å². The van der Waals surface area contributed by atoms with Crippen LogP contribution in [0.15, 0.2) is 47.9 Å². The maximum absolute atomic E-state index is 14.2. The van der Waals surface area contributed by atoms with Crippen molar-refractivity contribution in [3.63, 3.8) is 0 Å². The Morgan fingerprint density at radius 1 is 1.11 bits per heavy atom. The van der Waals surface area contributed by atoms with Crippen LogP contribution in [0.25, 0.3) is 0 Å². The highest BCUT2D eigenvalue weighted by Crippen LogP contribution is 3.02. The molecule has 1 aromatic carbocycles. The van der Waals surface area contributed by atoms with Gasteiger partial charge in [0.15, 0.2) is 5.54 Å². The molecule has 2 unspecified atom stereocenters. The van der Waals surface area contributed by atoms with Gasteiger partial charge in [-0.25, -0.2) is 23.1 Å². The van der Waals surface area contributed by atoms with Crippen LogP contribution in [0.3, 0.4) is 0 Å². The van der Waals surface area contributed by atoms with Crippen molar-refractivity contribution in [1.82, 2.24) is 15.3 Å². The average Bonchev–Trinajstić information content (AvgIpc) is 3.34. The molecule has 1 aromatic heterocycles. The molecule has 0 saturated heterocycles. The van der Waals surface area contributed by atoms with E-state index in [1.165, 1.54) is 0 Å². The number of hydrogen-bond donors (Lipinski definition) is 1. The molecule has 2 amide bonds. The molecule has 2 aliphatic carbocycles. The van der Waals surface area contributed by atoms with Gasteiger partial charge in [-0.2, -0.15) is 0 Å². The Kier molecular flexibility index (Phi) is 6.27. The third-order valence-electron chi connectivity index (χ3n) is 7.10. The van der Waals surface area contributed by atoms with Crippen molar-refractivity contribution in [2.24, 2.45) is 11.8 Å². The molecule has 0 aliphatic heterocycles. The number of carbonyl (C=O) groups excluding carboxylic acids is 2. The van der Waals surface area contributed by atoms with Gasteiger partial charge >= 0.3 is 10.2 Å². The Balaban J connectivity index is 1.79. The molecule has 0 spiro atoms. The number of nitrogens with one attached hydrogen (secondary N) is 1. The number of carbonyl (C=O) groups is 2. The minimum Gasteiger partial charge on any atom is -0.351 e. The van der Waals surface area contributed by atoms with E-state index in [1.807, 2.05) is 0 Å². The van der Waals surface area contributed by atoms with E-state index in [4.69, 9.17) is 11.6 Å². The fourth-order valence-corrected chi connectivity index (χ4v) is 5.91. The summed E-state index contributed by atoms with van der Waals surface area (Å²) >= 11 is 5.37. The van der Waals surface area contributed by atoms with Gasteiger partial charge in [-0.15, -0.1) is 0 Å². The number of halogens is 9. The van der Waals surface area contributed by atoms with Crippen LogP contribution in [-0.2, 0) is 15.1 Å². The van der Waals surface area contributed by atoms with Crippen LogP contribution < -0.4 is 10.2 Å². The van der Waals surface area contributed by atoms with Crippen molar-refractivity contribution >= 4 is 39.3 Å². The number of benzene rings is 1. The van der Waals surface area contributed by atoms with Gasteiger partial charge in [0.1, 0.15) is 11.2 Å². The zero-order valence-corrected chi connectivity index (χ0v) is 21.0. The monoisotopic (exact) mass is 592 g/mol. The van der Waals surface area contributed by atoms with E-state index in [0.717, 1.165) is 25.6 Å². The number of rotatable bonds is 7. The second-order valence-corrected chi connectivity index (χ2v) is 12.4. The van der Waals surface area contributed by atoms with Crippen LogP contribution in [0, 0.1) is 11.8 Å². The SMILES string of the molecule is C[C@](C(=O)N[C@@H]1CC2CC1CC2(F)F)(c1cncnc1)N(C(=O)[C@H](F)Cl)c1ccc(S(F)(F)(F)(F)F)cc1. The van der Waals surface area contributed by atoms with Gasteiger partial charge in [-0.1, -0.05) is 31.0 Å². The fourth-order valence-electron chi connectivity index (χ4n) is 5.17. The largest absolute Gasteiger partial charge is 0.351 e. The molecule has 2 bridgehead atoms. The Morgan fingerprint density at radius 3 is 2.13 bits per heavy atom. The van der Waals surface area contributed by atoms with Gasteiger partial charge in [-0.3, -0.25) is 14.5 Å². The summed E-state index contributed by atoms with van der Waals surface area (Å²) in [6.45, 7) is 1.10. The summed E-state index contributed by atoms with van der Waals surface area (Å²) in [6.07, 6.45) is 2.82. The number of aromatic nitrogens is 2. The third-order valence-corrected chi connectivity index (χ3v) is 8.45. The van der Waals surface area contributed by atoms with Crippen molar-refractivity contribution in [2.75, 3.05) is 4.90 Å². The first-order chi connectivity index (χ1) is 17.2. The number of alkyl halides is 4. The molecule has 6 nitrogen and oxygen atoms in total. The number of hydrogen-bond acceptors (Lipinski definition) is 4. The van der Waals surface area contributed by atoms with Crippen LogP contribution in [0.5, 0.6) is 0 Å². The summed E-state index contributed by atoms with van der Waals surface area (Å²) in [5, 5.41) is 2.60. The van der Waals surface area contributed by atoms with Crippen molar-refractivity contribution in [2.45, 2.75) is 54.2 Å². The number of fused-ring (bicyclic) bond motifs is 2. The van der Waals surface area contributed by atoms with Crippen molar-refractivity contribution in [1.29, 1.82) is 0 Å². The maximum Gasteiger partial charge on any atom is 0.310 e. The molecule has 38 heavy (non-hydrogen) atoms. The molecule has 2 aromatic rings. The number of amides is 2. The van der Waals surface area contributed by atoms with Gasteiger partial charge in [-0.05, 0) is 49.9 Å². The van der Waals surface area contributed by atoms with Gasteiger partial charge < -0.3 is 5.32 Å². The highest BCUT2D eigenvalue weighted by atomic mass is 35.5. The van der Waals surface area contributed by atoms with E-state index >= 15 is 0 Å². The Bertz CT molecular complexity index is 1250. The molecular formula is C22H21ClF8N4O2S. The molecular weight excluding hydrogens is 572 g/mol. The minimum atomic E-state index is -10.1. The number of anilines is 1. The zero-order valence-electron chi connectivity index (χ0n) is 19.4. The second-order valence-electron chi connectivity index (χ2n) is 9.61. The van der Waals surface area contributed by atoms with E-state index in [0.29, 0.717) is 17.0 Å². The molecule has 4 rings (SSSR count). The van der Waals surface area contributed by atoms with Crippen LogP contribution in [0.4, 0.5) is 38.3 Å². The molecule has 2 saturated carbocycles. The van der Waals surface area contributed by atoms with E-state index in [-0.39, 0.29) is 30.5 Å². The highest BCUT2D eigenvalue weighted by Gasteiger charge is 2.65. The Morgan fingerprint density at radius 2 is 1.68 bits per heavy atom. The third kappa shape index (κ3) is 5.14. The van der Waals surface area contributed by atoms with Crippen molar-refractivity contribution in [3.05, 3.63) is 48.5 Å². The van der Waals surface area contributed by atoms with Gasteiger partial charge in [0.2, 0.25) is 0 Å². The smallest absolute Gasteiger partial charge is 0.310 e. The van der Waals surface area contributed by atoms with Gasteiger partial charge in [0, 0.05) is 42.0 Å². The molecule has 5 atom stereocenters. The molecule has 1 heterocycles. The summed E-state index contributed by atoms with van der Waals surface area (Å²) in [5.74, 6) is -7.07. The van der Waals surface area contributed by atoms with E-state index in [1.54, 1.807) is 0 Å². The summed E-state index contributed by atoms with van der Waals surface area (Å²) in [4.78, 5) is 32.4. The molecule has 16 heteroatoms. The number of nitrogens with zero attached hydrogens (tertiary/aromatic N) is 3. The molecule has 1 N–H and O–H groups in total. The Labute approximate surface area is 216 Å². The summed E-state index contributed by atoms with van der Waals surface area (Å²) in [7, 11) is -10.1. The lowest BCUT2D eigenvalue weighted by atomic mass is 9.87. The highest BCUT2D eigenvalue weighted by molar-refractivity contribution is 8.45. The first kappa shape index (κ1) is 28.3. The van der Waals surface area contributed by atoms with E-state index in [2.05, 4.69) is 15.3 Å². The lowest BCUT2D eigenvalue weighted by Crippen LogP contribution is -2.60. The molecule has 0 radical (unpaired) electrons. The topological polar surface area (TPSA) is 75.2 Å². The second kappa shape index (κ2) is 8.41. The predicted octanol–water partition coefficient (Wildman–Crippen LogP) is 6.47. The fraction of sp³-hybridized carbons (Fsp3) is 0.455. The first-order valence-electron chi connectivity index (χ1n) is 11.1. The quantitative estimate of drug-likeness (QED) is 0.296. The minimum absolute atomic E-state index is 0.00350. The summed E-state index contributed by atoms with van der Waals surface area (Å²) < 4.78 is 108. The molecule has 210 valence electrons. The van der Waals surface area contributed by atoms with E-state index in [9.17, 15) is 42.2 Å². The van der Waals surface area contributed by atoms with E-state index < -0.39 is 74.0 Å². The Hall–Kier alpha value is -2.68. The molecule has 2 fully saturated rings. The van der Waals surface area contributed by atoms with Gasteiger partial charge in [0.05, 0.1) is 0 Å². The summed E-state index contributed by atoms with van der Waals surface area (Å²) in [6, 6.07) is 0.198. The van der Waals surface area contributed by atoms with Crippen LogP contribution in [0.2, 0.25) is 0 Å². The normalized spacial score (nSPS) is 26.5. The lowest BCUT2D eigenvalue weighted by Gasteiger charge is -2.42. The first-order valence-corrected chi connectivity index (χ1v) is 13.5. The predicted molar refractivity (Wildman–Crippen MR) is 123 cm³/mol. The maximum atomic E-state index is 14.2. The summed E-state index contributed by atoms with van der Waals surface area (Å²) in [5.41, 5.74) is -5.82. The van der Waals surface area contributed by atoms with Gasteiger partial charge in [0.25, 0.3) is 23.4 Å². The lowest BCUT2D eigenvalue weighted by molar-refractivity contribution is -0.132. The average molecular weight is 593 g/mol. The standard InChI is InChI=1S/C22H21ClF8N4O2S/c1-21(14-9-32-11-33-10-14,20(37)34-17-7-13-6-12(17)8-22(13,25)26)35(19(36)18(23)24)15-2-4-16(5-3-15)38(27,28,29,30)31/h2-5,9-13,17-18H,6-8H2,1H3,(H,34,37)/t12?,13?,17-,18+,21-/m1/s1. The van der Waals surface area contributed by atoms with Crippen molar-refractivity contribution < 1.29 is 42.2 Å². The van der Waals surface area contributed by atoms with Crippen LogP contribution in [0.1, 0.15) is 31.7 Å². The van der Waals surface area contributed by atoms with Crippen LogP contribution in [-0.4, -0.2) is 39.4 Å². The van der Waals surface area contributed by atoms with Crippen LogP contribution >= 0.6 is 21.8 Å². The zero-order chi connectivity index (χ0) is 28.4. The molecule has 2 aliphatic rings.